The van der Waals surface area contributed by atoms with Crippen LogP contribution in [0, 0.1) is 0 Å². The minimum atomic E-state index is -3.41. The molecule has 0 saturated heterocycles. The molecule has 2 heterocycles. The molecule has 2 rings (SSSR count). The highest BCUT2D eigenvalue weighted by molar-refractivity contribution is 7.89. The van der Waals surface area contributed by atoms with Gasteiger partial charge in [0.1, 0.15) is 12.2 Å². The predicted molar refractivity (Wildman–Crippen MR) is 61.1 cm³/mol. The standard InChI is InChI=1S/C9H14N4O4S/c14-9(15)2-1-5-18(16,17)13-4-3-12-7-10-11-8(12)6-13/h7H,1-6H2,(H,14,15). The summed E-state index contributed by atoms with van der Waals surface area (Å²) in [5.74, 6) is -0.514. The molecule has 0 atom stereocenters. The molecule has 1 aliphatic rings. The van der Waals surface area contributed by atoms with Gasteiger partial charge in [-0.05, 0) is 6.42 Å². The molecular weight excluding hydrogens is 260 g/mol. The molecule has 9 heteroatoms. The minimum absolute atomic E-state index is 0.126. The molecule has 0 unspecified atom stereocenters. The molecule has 0 amide bonds. The molecule has 0 aliphatic carbocycles. The van der Waals surface area contributed by atoms with E-state index in [-0.39, 0.29) is 25.1 Å². The van der Waals surface area contributed by atoms with Gasteiger partial charge in [-0.3, -0.25) is 4.79 Å². The average Bonchev–Trinajstić information content (AvgIpc) is 2.74. The van der Waals surface area contributed by atoms with Gasteiger partial charge in [0.25, 0.3) is 0 Å². The first-order valence-electron chi connectivity index (χ1n) is 5.55. The van der Waals surface area contributed by atoms with Gasteiger partial charge >= 0.3 is 5.97 Å². The van der Waals surface area contributed by atoms with Crippen molar-refractivity contribution < 1.29 is 18.3 Å². The van der Waals surface area contributed by atoms with Crippen LogP contribution in [0.2, 0.25) is 0 Å². The average molecular weight is 274 g/mol. The maximum Gasteiger partial charge on any atom is 0.303 e. The highest BCUT2D eigenvalue weighted by atomic mass is 32.2. The first-order chi connectivity index (χ1) is 8.49. The maximum atomic E-state index is 12.0. The molecule has 100 valence electrons. The van der Waals surface area contributed by atoms with Crippen LogP contribution in [-0.4, -0.2) is 50.9 Å². The molecule has 0 saturated carbocycles. The molecule has 18 heavy (non-hydrogen) atoms. The van der Waals surface area contributed by atoms with Gasteiger partial charge in [0.05, 0.1) is 12.3 Å². The summed E-state index contributed by atoms with van der Waals surface area (Å²) < 4.78 is 27.1. The largest absolute Gasteiger partial charge is 0.481 e. The number of carbonyl (C=O) groups is 1. The van der Waals surface area contributed by atoms with Gasteiger partial charge in [-0.2, -0.15) is 4.31 Å². The van der Waals surface area contributed by atoms with Crippen LogP contribution in [0.4, 0.5) is 0 Å². The Hall–Kier alpha value is -1.48. The molecule has 0 fully saturated rings. The van der Waals surface area contributed by atoms with Crippen molar-refractivity contribution in [3.05, 3.63) is 12.2 Å². The second-order valence-corrected chi connectivity index (χ2v) is 6.18. The zero-order valence-corrected chi connectivity index (χ0v) is 10.5. The van der Waals surface area contributed by atoms with Gasteiger partial charge in [-0.15, -0.1) is 10.2 Å². The molecule has 1 aliphatic heterocycles. The van der Waals surface area contributed by atoms with Crippen LogP contribution in [-0.2, 0) is 27.9 Å². The van der Waals surface area contributed by atoms with Crippen molar-refractivity contribution in [2.24, 2.45) is 0 Å². The summed E-state index contributed by atoms with van der Waals surface area (Å²) in [6.45, 7) is 1.11. The maximum absolute atomic E-state index is 12.0. The summed E-state index contributed by atoms with van der Waals surface area (Å²) in [5, 5.41) is 16.1. The topological polar surface area (TPSA) is 105 Å². The van der Waals surface area contributed by atoms with Crippen molar-refractivity contribution in [2.75, 3.05) is 12.3 Å². The Balaban J connectivity index is 1.97. The van der Waals surface area contributed by atoms with Crippen LogP contribution in [0.25, 0.3) is 0 Å². The Kier molecular flexibility index (Phi) is 3.62. The lowest BCUT2D eigenvalue weighted by Gasteiger charge is -2.26. The zero-order chi connectivity index (χ0) is 13.2. The van der Waals surface area contributed by atoms with E-state index in [1.807, 2.05) is 4.57 Å². The number of sulfonamides is 1. The van der Waals surface area contributed by atoms with Crippen molar-refractivity contribution in [1.29, 1.82) is 0 Å². The van der Waals surface area contributed by atoms with Crippen LogP contribution in [0.3, 0.4) is 0 Å². The fourth-order valence-corrected chi connectivity index (χ4v) is 3.26. The number of aromatic nitrogens is 3. The van der Waals surface area contributed by atoms with Crippen LogP contribution in [0.15, 0.2) is 6.33 Å². The molecule has 0 aromatic carbocycles. The van der Waals surface area contributed by atoms with Gasteiger partial charge in [-0.25, -0.2) is 8.42 Å². The lowest BCUT2D eigenvalue weighted by molar-refractivity contribution is -0.137. The lowest BCUT2D eigenvalue weighted by Crippen LogP contribution is -2.39. The van der Waals surface area contributed by atoms with E-state index in [0.717, 1.165) is 0 Å². The zero-order valence-electron chi connectivity index (χ0n) is 9.69. The third-order valence-corrected chi connectivity index (χ3v) is 4.69. The van der Waals surface area contributed by atoms with Crippen molar-refractivity contribution >= 4 is 16.0 Å². The van der Waals surface area contributed by atoms with E-state index < -0.39 is 16.0 Å². The number of carboxylic acids is 1. The molecule has 1 aromatic rings. The summed E-state index contributed by atoms with van der Waals surface area (Å²) in [6.07, 6.45) is 1.56. The molecule has 0 bridgehead atoms. The number of nitrogens with zero attached hydrogens (tertiary/aromatic N) is 4. The quantitative estimate of drug-likeness (QED) is 0.760. The van der Waals surface area contributed by atoms with Crippen LogP contribution in [0.5, 0.6) is 0 Å². The SMILES string of the molecule is O=C(O)CCCS(=O)(=O)N1CCn2cnnc2C1. The smallest absolute Gasteiger partial charge is 0.303 e. The fourth-order valence-electron chi connectivity index (χ4n) is 1.82. The Labute approximate surface area is 104 Å². The van der Waals surface area contributed by atoms with Crippen LogP contribution >= 0.6 is 0 Å². The number of rotatable bonds is 5. The minimum Gasteiger partial charge on any atom is -0.481 e. The van der Waals surface area contributed by atoms with Gasteiger partial charge in [0.2, 0.25) is 10.0 Å². The van der Waals surface area contributed by atoms with Gasteiger partial charge in [-0.1, -0.05) is 0 Å². The third-order valence-electron chi connectivity index (χ3n) is 2.79. The second-order valence-electron chi connectivity index (χ2n) is 4.09. The molecule has 1 N–H and O–H groups in total. The molecular formula is C9H14N4O4S. The molecule has 8 nitrogen and oxygen atoms in total. The summed E-state index contributed by atoms with van der Waals surface area (Å²) in [5.41, 5.74) is 0. The highest BCUT2D eigenvalue weighted by Crippen LogP contribution is 2.14. The molecule has 0 spiro atoms. The lowest BCUT2D eigenvalue weighted by atomic mass is 10.3. The van der Waals surface area contributed by atoms with Crippen molar-refractivity contribution in [1.82, 2.24) is 19.1 Å². The molecule has 1 aromatic heterocycles. The Bertz CT molecular complexity index is 539. The second kappa shape index (κ2) is 5.02. The Morgan fingerprint density at radius 3 is 2.94 bits per heavy atom. The number of hydrogen-bond acceptors (Lipinski definition) is 5. The van der Waals surface area contributed by atoms with Gasteiger partial charge in [0, 0.05) is 19.5 Å². The number of carboxylic acid groups (broad SMARTS) is 1. The summed E-state index contributed by atoms with van der Waals surface area (Å²) in [6, 6.07) is 0. The predicted octanol–water partition coefficient (Wildman–Crippen LogP) is -0.712. The first kappa shape index (κ1) is 13.0. The van der Waals surface area contributed by atoms with Crippen LogP contribution < -0.4 is 0 Å². The van der Waals surface area contributed by atoms with Crippen LogP contribution in [0.1, 0.15) is 18.7 Å². The third kappa shape index (κ3) is 2.85. The highest BCUT2D eigenvalue weighted by Gasteiger charge is 2.27. The van der Waals surface area contributed by atoms with Gasteiger partial charge < -0.3 is 9.67 Å². The Morgan fingerprint density at radius 2 is 2.22 bits per heavy atom. The van der Waals surface area contributed by atoms with Crippen molar-refractivity contribution in [3.63, 3.8) is 0 Å². The van der Waals surface area contributed by atoms with Gasteiger partial charge in [0.15, 0.2) is 0 Å². The number of hydrogen-bond donors (Lipinski definition) is 1. The monoisotopic (exact) mass is 274 g/mol. The van der Waals surface area contributed by atoms with Crippen molar-refractivity contribution in [3.8, 4) is 0 Å². The van der Waals surface area contributed by atoms with E-state index in [9.17, 15) is 13.2 Å². The molecule has 0 radical (unpaired) electrons. The summed E-state index contributed by atoms with van der Waals surface area (Å²) in [7, 11) is -3.41. The Morgan fingerprint density at radius 1 is 1.44 bits per heavy atom. The normalized spacial score (nSPS) is 16.4. The van der Waals surface area contributed by atoms with E-state index in [2.05, 4.69) is 10.2 Å². The number of aliphatic carboxylic acids is 1. The van der Waals surface area contributed by atoms with E-state index >= 15 is 0 Å². The number of fused-ring (bicyclic) bond motifs is 1. The summed E-state index contributed by atoms with van der Waals surface area (Å²) in [4.78, 5) is 10.4. The first-order valence-corrected chi connectivity index (χ1v) is 7.16. The fraction of sp³-hybridized carbons (Fsp3) is 0.667. The van der Waals surface area contributed by atoms with E-state index in [4.69, 9.17) is 5.11 Å². The van der Waals surface area contributed by atoms with Crippen molar-refractivity contribution in [2.45, 2.75) is 25.9 Å². The van der Waals surface area contributed by atoms with E-state index in [1.54, 1.807) is 6.33 Å². The van der Waals surface area contributed by atoms with E-state index in [0.29, 0.717) is 18.9 Å². The van der Waals surface area contributed by atoms with E-state index in [1.165, 1.54) is 4.31 Å². The summed E-state index contributed by atoms with van der Waals surface area (Å²) >= 11 is 0.